The average Bonchev–Trinajstić information content (AvgIpc) is 2.30. The van der Waals surface area contributed by atoms with E-state index in [1.807, 2.05) is 0 Å². The highest BCUT2D eigenvalue weighted by Crippen LogP contribution is 2.15. The van der Waals surface area contributed by atoms with E-state index in [0.717, 1.165) is 19.6 Å². The summed E-state index contributed by atoms with van der Waals surface area (Å²) in [6.45, 7) is 9.78. The molecule has 0 saturated heterocycles. The van der Waals surface area contributed by atoms with Crippen LogP contribution in [0.5, 0.6) is 0 Å². The quantitative estimate of drug-likeness (QED) is 0.657. The van der Waals surface area contributed by atoms with Crippen molar-refractivity contribution in [3.63, 3.8) is 0 Å². The fraction of sp³-hybridized carbons (Fsp3) is 0.600. The zero-order valence-electron chi connectivity index (χ0n) is 11.2. The van der Waals surface area contributed by atoms with Gasteiger partial charge in [0.15, 0.2) is 0 Å². The summed E-state index contributed by atoms with van der Waals surface area (Å²) in [4.78, 5) is 2.41. The Morgan fingerprint density at radius 2 is 1.76 bits per heavy atom. The first-order valence-corrected chi connectivity index (χ1v) is 7.08. The number of rotatable bonds is 7. The topological polar surface area (TPSA) is 3.24 Å². The second-order valence-corrected chi connectivity index (χ2v) is 5.24. The van der Waals surface area contributed by atoms with E-state index in [2.05, 4.69) is 49.9 Å². The van der Waals surface area contributed by atoms with Crippen molar-refractivity contribution in [1.82, 2.24) is 4.90 Å². The molecule has 0 heterocycles. The molecule has 2 heteroatoms. The van der Waals surface area contributed by atoms with Gasteiger partial charge in [0.05, 0.1) is 0 Å². The Morgan fingerprint density at radius 3 is 2.24 bits per heavy atom. The second-order valence-electron chi connectivity index (χ2n) is 4.86. The van der Waals surface area contributed by atoms with E-state index in [4.69, 9.17) is 11.6 Å². The highest BCUT2D eigenvalue weighted by atomic mass is 35.5. The second kappa shape index (κ2) is 7.73. The van der Waals surface area contributed by atoms with Crippen LogP contribution in [0.15, 0.2) is 24.3 Å². The minimum atomic E-state index is 0.610. The molecule has 1 aromatic carbocycles. The lowest BCUT2D eigenvalue weighted by atomic mass is 10.0. The summed E-state index contributed by atoms with van der Waals surface area (Å²) < 4.78 is 0. The zero-order chi connectivity index (χ0) is 12.7. The summed E-state index contributed by atoms with van der Waals surface area (Å²) in [5.74, 6) is 1.32. The van der Waals surface area contributed by atoms with Crippen LogP contribution in [-0.2, 0) is 6.54 Å². The molecule has 0 fully saturated rings. The molecule has 0 aliphatic carbocycles. The summed E-state index contributed by atoms with van der Waals surface area (Å²) in [7, 11) is 0. The van der Waals surface area contributed by atoms with Crippen molar-refractivity contribution in [2.24, 2.45) is 0 Å². The van der Waals surface area contributed by atoms with E-state index < -0.39 is 0 Å². The molecule has 0 aliphatic heterocycles. The lowest BCUT2D eigenvalue weighted by Crippen LogP contribution is -2.26. The number of nitrogens with zero attached hydrogens (tertiary/aromatic N) is 1. The predicted octanol–water partition coefficient (Wildman–Crippen LogP) is 4.26. The molecule has 1 aromatic rings. The van der Waals surface area contributed by atoms with Crippen LogP contribution >= 0.6 is 11.6 Å². The smallest absolute Gasteiger partial charge is 0.0351 e. The maximum atomic E-state index is 5.82. The molecule has 0 bridgehead atoms. The number of hydrogen-bond donors (Lipinski definition) is 0. The van der Waals surface area contributed by atoms with Gasteiger partial charge in [0, 0.05) is 19.0 Å². The Morgan fingerprint density at radius 1 is 1.12 bits per heavy atom. The van der Waals surface area contributed by atoms with Crippen molar-refractivity contribution in [2.75, 3.05) is 19.0 Å². The van der Waals surface area contributed by atoms with Gasteiger partial charge in [-0.3, -0.25) is 4.90 Å². The van der Waals surface area contributed by atoms with Gasteiger partial charge in [0.1, 0.15) is 0 Å². The zero-order valence-corrected chi connectivity index (χ0v) is 12.0. The van der Waals surface area contributed by atoms with Crippen molar-refractivity contribution in [3.05, 3.63) is 35.4 Å². The van der Waals surface area contributed by atoms with Crippen molar-refractivity contribution in [2.45, 2.75) is 39.7 Å². The summed E-state index contributed by atoms with van der Waals surface area (Å²) in [5, 5.41) is 0. The van der Waals surface area contributed by atoms with Crippen molar-refractivity contribution in [3.8, 4) is 0 Å². The molecule has 17 heavy (non-hydrogen) atoms. The Balaban J connectivity index is 2.59. The van der Waals surface area contributed by atoms with Gasteiger partial charge in [-0.15, -0.1) is 11.6 Å². The Kier molecular flexibility index (Phi) is 6.61. The van der Waals surface area contributed by atoms with Crippen LogP contribution in [0.2, 0.25) is 0 Å². The number of benzene rings is 1. The highest BCUT2D eigenvalue weighted by molar-refractivity contribution is 6.18. The summed E-state index contributed by atoms with van der Waals surface area (Å²) in [6.07, 6.45) is 1.18. The number of alkyl halides is 1. The van der Waals surface area contributed by atoms with Crippen LogP contribution in [0.1, 0.15) is 44.2 Å². The molecule has 0 radical (unpaired) electrons. The lowest BCUT2D eigenvalue weighted by molar-refractivity contribution is 0.282. The molecule has 0 spiro atoms. The monoisotopic (exact) mass is 253 g/mol. The molecule has 0 N–H and O–H groups in total. The predicted molar refractivity (Wildman–Crippen MR) is 76.8 cm³/mol. The maximum absolute atomic E-state index is 5.82. The van der Waals surface area contributed by atoms with Crippen LogP contribution in [0.25, 0.3) is 0 Å². The minimum absolute atomic E-state index is 0.610. The molecule has 0 atom stereocenters. The minimum Gasteiger partial charge on any atom is -0.298 e. The average molecular weight is 254 g/mol. The van der Waals surface area contributed by atoms with Crippen molar-refractivity contribution in [1.29, 1.82) is 0 Å². The fourth-order valence-electron chi connectivity index (χ4n) is 1.97. The van der Waals surface area contributed by atoms with Crippen LogP contribution < -0.4 is 0 Å². The summed E-state index contributed by atoms with van der Waals surface area (Å²) in [5.41, 5.74) is 2.79. The third-order valence-electron chi connectivity index (χ3n) is 2.99. The van der Waals surface area contributed by atoms with Gasteiger partial charge in [-0.25, -0.2) is 0 Å². The molecule has 1 nitrogen and oxygen atoms in total. The largest absolute Gasteiger partial charge is 0.298 e. The molecular formula is C15H24ClN. The summed E-state index contributed by atoms with van der Waals surface area (Å²) in [6, 6.07) is 8.97. The third kappa shape index (κ3) is 5.10. The van der Waals surface area contributed by atoms with Crippen LogP contribution in [-0.4, -0.2) is 23.9 Å². The van der Waals surface area contributed by atoms with E-state index in [9.17, 15) is 0 Å². The Hall–Kier alpha value is -0.530. The molecule has 96 valence electrons. The molecule has 1 rings (SSSR count). The van der Waals surface area contributed by atoms with Gasteiger partial charge in [-0.1, -0.05) is 45.0 Å². The normalized spacial score (nSPS) is 11.4. The van der Waals surface area contributed by atoms with Gasteiger partial charge in [0.2, 0.25) is 0 Å². The van der Waals surface area contributed by atoms with Gasteiger partial charge >= 0.3 is 0 Å². The summed E-state index contributed by atoms with van der Waals surface area (Å²) >= 11 is 5.82. The third-order valence-corrected chi connectivity index (χ3v) is 3.16. The number of hydrogen-bond acceptors (Lipinski definition) is 1. The number of halogens is 1. The Bertz CT molecular complexity index is 299. The Labute approximate surface area is 111 Å². The van der Waals surface area contributed by atoms with E-state index in [1.165, 1.54) is 17.5 Å². The van der Waals surface area contributed by atoms with Crippen LogP contribution in [0, 0.1) is 0 Å². The fourth-order valence-corrected chi connectivity index (χ4v) is 2.21. The highest BCUT2D eigenvalue weighted by Gasteiger charge is 2.05. The molecule has 0 unspecified atom stereocenters. The van der Waals surface area contributed by atoms with Crippen LogP contribution in [0.3, 0.4) is 0 Å². The first-order chi connectivity index (χ1) is 8.17. The molecule has 0 aliphatic rings. The lowest BCUT2D eigenvalue weighted by Gasteiger charge is -2.20. The maximum Gasteiger partial charge on any atom is 0.0351 e. The molecule has 0 saturated carbocycles. The molecule has 0 aromatic heterocycles. The van der Waals surface area contributed by atoms with E-state index in [0.29, 0.717) is 11.8 Å². The van der Waals surface area contributed by atoms with Gasteiger partial charge in [-0.05, 0) is 30.0 Å². The van der Waals surface area contributed by atoms with Crippen LogP contribution in [0.4, 0.5) is 0 Å². The van der Waals surface area contributed by atoms with Crippen molar-refractivity contribution < 1.29 is 0 Å². The standard InChI is InChI=1S/C15H24ClN/c1-4-10-17(11-9-16)12-14-5-7-15(8-6-14)13(2)3/h5-8,13H,4,9-12H2,1-3H3. The van der Waals surface area contributed by atoms with Gasteiger partial charge in [0.25, 0.3) is 0 Å². The van der Waals surface area contributed by atoms with Crippen molar-refractivity contribution >= 4 is 11.6 Å². The molecule has 0 amide bonds. The first-order valence-electron chi connectivity index (χ1n) is 6.54. The van der Waals surface area contributed by atoms with Gasteiger partial charge < -0.3 is 0 Å². The molecular weight excluding hydrogens is 230 g/mol. The first kappa shape index (κ1) is 14.5. The SMILES string of the molecule is CCCN(CCCl)Cc1ccc(C(C)C)cc1. The van der Waals surface area contributed by atoms with E-state index >= 15 is 0 Å². The van der Waals surface area contributed by atoms with Gasteiger partial charge in [-0.2, -0.15) is 0 Å². The van der Waals surface area contributed by atoms with E-state index in [-0.39, 0.29) is 0 Å². The van der Waals surface area contributed by atoms with E-state index in [1.54, 1.807) is 0 Å².